The van der Waals surface area contributed by atoms with Crippen molar-refractivity contribution in [1.29, 1.82) is 10.7 Å². The van der Waals surface area contributed by atoms with Crippen LogP contribution in [0.1, 0.15) is 52.3 Å². The number of rotatable bonds is 4. The third kappa shape index (κ3) is 3.58. The first-order chi connectivity index (χ1) is 15.5. The van der Waals surface area contributed by atoms with Gasteiger partial charge in [-0.15, -0.1) is 0 Å². The molecule has 5 rings (SSSR count). The topological polar surface area (TPSA) is 115 Å². The third-order valence-electron chi connectivity index (χ3n) is 6.27. The van der Waals surface area contributed by atoms with E-state index in [-0.39, 0.29) is 11.9 Å². The highest BCUT2D eigenvalue weighted by Crippen LogP contribution is 2.34. The third-order valence-corrected chi connectivity index (χ3v) is 6.27. The number of fused-ring (bicyclic) bond motifs is 2. The fourth-order valence-electron chi connectivity index (χ4n) is 4.62. The van der Waals surface area contributed by atoms with Crippen molar-refractivity contribution in [3.63, 3.8) is 0 Å². The molecule has 1 amide bonds. The Bertz CT molecular complexity index is 1300. The Balaban J connectivity index is 1.42. The minimum absolute atomic E-state index is 0.0240. The molecule has 3 aromatic carbocycles. The summed E-state index contributed by atoms with van der Waals surface area (Å²) in [6.45, 7) is 0. The lowest BCUT2D eigenvalue weighted by molar-refractivity contribution is -0.115. The Morgan fingerprint density at radius 3 is 2.84 bits per heavy atom. The van der Waals surface area contributed by atoms with Gasteiger partial charge in [0.05, 0.1) is 29.8 Å². The van der Waals surface area contributed by atoms with Crippen molar-refractivity contribution in [1.82, 2.24) is 0 Å². The van der Waals surface area contributed by atoms with Gasteiger partial charge in [0, 0.05) is 28.2 Å². The average Bonchev–Trinajstić information content (AvgIpc) is 3.18. The van der Waals surface area contributed by atoms with Crippen LogP contribution in [0.5, 0.6) is 0 Å². The van der Waals surface area contributed by atoms with Gasteiger partial charge >= 0.3 is 0 Å². The number of aryl methyl sites for hydroxylation is 1. The first kappa shape index (κ1) is 19.8. The van der Waals surface area contributed by atoms with Crippen LogP contribution in [0.3, 0.4) is 0 Å². The molecule has 0 bridgehead atoms. The van der Waals surface area contributed by atoms with E-state index in [0.717, 1.165) is 36.2 Å². The van der Waals surface area contributed by atoms with Crippen molar-refractivity contribution in [2.24, 2.45) is 0 Å². The molecule has 0 saturated carbocycles. The van der Waals surface area contributed by atoms with Crippen LogP contribution in [0, 0.1) is 16.7 Å². The van der Waals surface area contributed by atoms with Gasteiger partial charge in [0.25, 0.3) is 0 Å². The zero-order valence-electron chi connectivity index (χ0n) is 17.5. The van der Waals surface area contributed by atoms with Crippen LogP contribution in [-0.4, -0.2) is 11.6 Å². The Labute approximate surface area is 186 Å². The number of nitrogen functional groups attached to an aromatic ring is 1. The van der Waals surface area contributed by atoms with E-state index in [2.05, 4.69) is 16.7 Å². The summed E-state index contributed by atoms with van der Waals surface area (Å²) in [4.78, 5) is 11.7. The molecule has 1 aliphatic heterocycles. The second-order valence-corrected chi connectivity index (χ2v) is 8.39. The van der Waals surface area contributed by atoms with Crippen LogP contribution in [-0.2, 0) is 17.6 Å². The smallest absolute Gasteiger partial charge is 0.228 e. The number of hydrogen-bond acceptors (Lipinski definition) is 5. The van der Waals surface area contributed by atoms with E-state index < -0.39 is 0 Å². The van der Waals surface area contributed by atoms with Crippen LogP contribution in [0.4, 0.5) is 17.1 Å². The Hall–Kier alpha value is -4.11. The van der Waals surface area contributed by atoms with E-state index in [1.54, 1.807) is 0 Å². The number of anilines is 3. The van der Waals surface area contributed by atoms with Crippen LogP contribution >= 0.6 is 0 Å². The van der Waals surface area contributed by atoms with Gasteiger partial charge in [0.2, 0.25) is 5.91 Å². The molecule has 0 fully saturated rings. The molecule has 0 saturated heterocycles. The molecule has 158 valence electrons. The fraction of sp³-hybridized carbons (Fsp3) is 0.192. The number of carbonyl (C=O) groups excluding carboxylic acids is 1. The predicted molar refractivity (Wildman–Crippen MR) is 126 cm³/mol. The van der Waals surface area contributed by atoms with Crippen LogP contribution in [0.2, 0.25) is 0 Å². The molecule has 2 aliphatic rings. The molecule has 0 unspecified atom stereocenters. The number of benzene rings is 3. The minimum atomic E-state index is -0.0240. The van der Waals surface area contributed by atoms with Crippen LogP contribution in [0.15, 0.2) is 54.6 Å². The first-order valence-electron chi connectivity index (χ1n) is 10.7. The van der Waals surface area contributed by atoms with E-state index in [4.69, 9.17) is 11.1 Å². The zero-order chi connectivity index (χ0) is 22.2. The second kappa shape index (κ2) is 7.86. The van der Waals surface area contributed by atoms with Gasteiger partial charge in [0.1, 0.15) is 0 Å². The summed E-state index contributed by atoms with van der Waals surface area (Å²) >= 11 is 0. The molecule has 1 atom stereocenters. The van der Waals surface area contributed by atoms with Gasteiger partial charge in [-0.1, -0.05) is 18.2 Å². The van der Waals surface area contributed by atoms with E-state index in [9.17, 15) is 10.1 Å². The quantitative estimate of drug-likeness (QED) is 0.366. The maximum Gasteiger partial charge on any atom is 0.228 e. The van der Waals surface area contributed by atoms with Crippen LogP contribution < -0.4 is 16.4 Å². The van der Waals surface area contributed by atoms with Gasteiger partial charge in [-0.25, -0.2) is 0 Å². The van der Waals surface area contributed by atoms with Gasteiger partial charge < -0.3 is 16.4 Å². The highest BCUT2D eigenvalue weighted by atomic mass is 16.1. The van der Waals surface area contributed by atoms with Crippen molar-refractivity contribution in [2.45, 2.75) is 31.7 Å². The molecule has 5 N–H and O–H groups in total. The monoisotopic (exact) mass is 421 g/mol. The largest absolute Gasteiger partial charge is 0.398 e. The summed E-state index contributed by atoms with van der Waals surface area (Å²) < 4.78 is 0. The van der Waals surface area contributed by atoms with Crippen molar-refractivity contribution in [2.75, 3.05) is 16.4 Å². The van der Waals surface area contributed by atoms with E-state index in [0.29, 0.717) is 34.5 Å². The molecular weight excluding hydrogens is 398 g/mol. The number of hydrogen-bond donors (Lipinski definition) is 4. The second-order valence-electron chi connectivity index (χ2n) is 8.39. The van der Waals surface area contributed by atoms with Gasteiger partial charge in [-0.05, 0) is 72.4 Å². The molecule has 0 aromatic heterocycles. The summed E-state index contributed by atoms with van der Waals surface area (Å²) in [6.07, 6.45) is 3.41. The SMILES string of the molecule is N#Cc1ccc2c(c1)CCC[C@@H]2Nc1ccc(N)c(C(=N)c2ccc3c(c2)NC(=O)C3)c1. The summed E-state index contributed by atoms with van der Waals surface area (Å²) in [5.41, 5.74) is 14.2. The zero-order valence-corrected chi connectivity index (χ0v) is 17.5. The minimum Gasteiger partial charge on any atom is -0.398 e. The van der Waals surface area contributed by atoms with Gasteiger partial charge in [0.15, 0.2) is 0 Å². The molecule has 1 heterocycles. The molecular formula is C26H23N5O. The summed E-state index contributed by atoms with van der Waals surface area (Å²) in [6, 6.07) is 19.5. The van der Waals surface area contributed by atoms with Gasteiger partial charge in [-0.2, -0.15) is 5.26 Å². The normalized spacial score (nSPS) is 16.5. The van der Waals surface area contributed by atoms with E-state index in [1.807, 2.05) is 54.6 Å². The summed E-state index contributed by atoms with van der Waals surface area (Å²) in [5, 5.41) is 24.4. The number of nitrogens with zero attached hydrogens (tertiary/aromatic N) is 1. The average molecular weight is 422 g/mol. The fourth-order valence-corrected chi connectivity index (χ4v) is 4.62. The summed E-state index contributed by atoms with van der Waals surface area (Å²) in [5.74, 6) is -0.0240. The van der Waals surface area contributed by atoms with Crippen molar-refractivity contribution < 1.29 is 4.79 Å². The highest BCUT2D eigenvalue weighted by Gasteiger charge is 2.22. The number of nitrogens with two attached hydrogens (primary N) is 1. The number of nitrogens with one attached hydrogen (secondary N) is 3. The lowest BCUT2D eigenvalue weighted by Crippen LogP contribution is -2.18. The first-order valence-corrected chi connectivity index (χ1v) is 10.7. The highest BCUT2D eigenvalue weighted by molar-refractivity contribution is 6.15. The lowest BCUT2D eigenvalue weighted by atomic mass is 9.86. The molecule has 0 radical (unpaired) electrons. The number of nitriles is 1. The number of carbonyl (C=O) groups is 1. The summed E-state index contributed by atoms with van der Waals surface area (Å²) in [7, 11) is 0. The van der Waals surface area contributed by atoms with E-state index >= 15 is 0 Å². The lowest BCUT2D eigenvalue weighted by Gasteiger charge is -2.28. The van der Waals surface area contributed by atoms with E-state index in [1.165, 1.54) is 11.1 Å². The Morgan fingerprint density at radius 2 is 2.00 bits per heavy atom. The molecule has 1 aliphatic carbocycles. The van der Waals surface area contributed by atoms with Crippen molar-refractivity contribution >= 4 is 28.7 Å². The molecule has 32 heavy (non-hydrogen) atoms. The maximum absolute atomic E-state index is 11.7. The van der Waals surface area contributed by atoms with Gasteiger partial charge in [-0.3, -0.25) is 10.2 Å². The molecule has 0 spiro atoms. The predicted octanol–water partition coefficient (Wildman–Crippen LogP) is 4.54. The van der Waals surface area contributed by atoms with Crippen molar-refractivity contribution in [3.8, 4) is 6.07 Å². The Kier molecular flexibility index (Phi) is 4.87. The van der Waals surface area contributed by atoms with Crippen LogP contribution in [0.25, 0.3) is 0 Å². The molecule has 6 heteroatoms. The molecule has 6 nitrogen and oxygen atoms in total. The molecule has 3 aromatic rings. The Morgan fingerprint density at radius 1 is 1.12 bits per heavy atom. The van der Waals surface area contributed by atoms with Crippen molar-refractivity contribution in [3.05, 3.63) is 88.0 Å². The standard InChI is InChI=1S/C26H23N5O/c27-14-15-4-8-20-16(10-15)2-1-3-23(20)30-19-7-9-22(28)21(13-19)26(29)18-6-5-17-12-25(32)31-24(17)11-18/h4-11,13,23,29-30H,1-3,12,28H2,(H,31,32)/t23-/m0/s1. The maximum atomic E-state index is 11.7. The number of amides is 1.